The molecule has 2 heterocycles. The maximum absolute atomic E-state index is 12.9. The van der Waals surface area contributed by atoms with Crippen LogP contribution in [0.25, 0.3) is 0 Å². The van der Waals surface area contributed by atoms with Crippen LogP contribution in [0.2, 0.25) is 0 Å². The highest BCUT2D eigenvalue weighted by atomic mass is 79.9. The van der Waals surface area contributed by atoms with Crippen LogP contribution >= 0.6 is 17.0 Å². The van der Waals surface area contributed by atoms with Crippen molar-refractivity contribution in [3.8, 4) is 0 Å². The molecule has 0 unspecified atom stereocenters. The first-order valence-corrected chi connectivity index (χ1v) is 7.70. The summed E-state index contributed by atoms with van der Waals surface area (Å²) in [7, 11) is 2.35. The van der Waals surface area contributed by atoms with Crippen molar-refractivity contribution >= 4 is 17.0 Å². The predicted molar refractivity (Wildman–Crippen MR) is 88.7 cm³/mol. The van der Waals surface area contributed by atoms with Gasteiger partial charge in [-0.05, 0) is 13.5 Å². The topological polar surface area (TPSA) is 13.0 Å². The molecule has 0 aliphatic carbocycles. The second kappa shape index (κ2) is 8.81. The zero-order valence-corrected chi connectivity index (χ0v) is 16.4. The zero-order chi connectivity index (χ0) is 18.8. The molecule has 11 heteroatoms. The third-order valence-electron chi connectivity index (χ3n) is 3.90. The third kappa shape index (κ3) is 4.73. The van der Waals surface area contributed by atoms with Crippen LogP contribution in [0.3, 0.4) is 0 Å². The molecule has 1 saturated heterocycles. The fraction of sp³-hybridized carbons (Fsp3) is 0.857. The minimum absolute atomic E-state index is 0. The molecule has 2 aliphatic heterocycles. The van der Waals surface area contributed by atoms with Crippen LogP contribution in [0.5, 0.6) is 0 Å². The van der Waals surface area contributed by atoms with Gasteiger partial charge in [0.05, 0.1) is 6.67 Å². The summed E-state index contributed by atoms with van der Waals surface area (Å²) in [6.45, 7) is 4.58. The maximum atomic E-state index is 12.9. The van der Waals surface area contributed by atoms with Gasteiger partial charge in [0, 0.05) is 32.5 Å². The summed E-state index contributed by atoms with van der Waals surface area (Å²) >= 11 is 0. The van der Waals surface area contributed by atoms with Gasteiger partial charge in [0.2, 0.25) is 0 Å². The molecule has 0 aromatic heterocycles. The highest BCUT2D eigenvalue weighted by Crippen LogP contribution is 2.52. The van der Waals surface area contributed by atoms with Crippen molar-refractivity contribution in [3.63, 3.8) is 0 Å². The monoisotopic (exact) mass is 442 g/mol. The average Bonchev–Trinajstić information content (AvgIpc) is 2.93. The van der Waals surface area contributed by atoms with E-state index in [1.54, 1.807) is 0 Å². The highest BCUT2D eigenvalue weighted by Gasteiger charge is 2.79. The molecule has 0 N–H and O–H groups in total. The number of unbranched alkanes of at least 4 members (excludes halogenated alkanes) is 1. The van der Waals surface area contributed by atoms with E-state index in [0.717, 1.165) is 13.6 Å². The Bertz CT molecular complexity index is 449. The minimum atomic E-state index is -4.87. The van der Waals surface area contributed by atoms with Crippen molar-refractivity contribution in [2.24, 2.45) is 0 Å². The van der Waals surface area contributed by atoms with E-state index in [2.05, 4.69) is 36.2 Å². The van der Waals surface area contributed by atoms with Crippen molar-refractivity contribution in [2.45, 2.75) is 45.0 Å². The number of rotatable bonds is 4. The third-order valence-corrected chi connectivity index (χ3v) is 3.90. The van der Waals surface area contributed by atoms with Gasteiger partial charge in [-0.1, -0.05) is 20.3 Å². The van der Waals surface area contributed by atoms with Gasteiger partial charge in [-0.15, -0.1) is 17.0 Å². The molecule has 150 valence electrons. The summed E-state index contributed by atoms with van der Waals surface area (Å²) in [6, 6.07) is -9.73. The lowest BCUT2D eigenvalue weighted by atomic mass is 10.3. The number of hydrogen-bond donors (Lipinski definition) is 0. The van der Waals surface area contributed by atoms with Crippen LogP contribution in [-0.2, 0) is 0 Å². The number of hydrogen-bond acceptors (Lipinski definition) is 4. The molecule has 0 bridgehead atoms. The van der Waals surface area contributed by atoms with Gasteiger partial charge in [-0.3, -0.25) is 0 Å². The predicted octanol–water partition coefficient (Wildman–Crippen LogP) is 4.03. The quantitative estimate of drug-likeness (QED) is 0.481. The van der Waals surface area contributed by atoms with E-state index in [1.165, 1.54) is 19.4 Å². The van der Waals surface area contributed by atoms with Crippen molar-refractivity contribution in [1.29, 1.82) is 0 Å². The summed E-state index contributed by atoms with van der Waals surface area (Å²) < 4.78 is 76.8. The largest absolute Gasteiger partial charge is 0.388 e. The molecule has 0 spiro atoms. The fourth-order valence-corrected chi connectivity index (χ4v) is 2.37. The summed E-state index contributed by atoms with van der Waals surface area (Å²) in [5.74, 6) is 0. The Balaban J connectivity index is 0.000000465. The Kier molecular flexibility index (Phi) is 8.57. The Morgan fingerprint density at radius 3 is 1.76 bits per heavy atom. The van der Waals surface area contributed by atoms with Gasteiger partial charge in [0.25, 0.3) is 0 Å². The Labute approximate surface area is 154 Å². The summed E-state index contributed by atoms with van der Waals surface area (Å²) in [6.07, 6.45) is 2.53. The van der Waals surface area contributed by atoms with Gasteiger partial charge >= 0.3 is 18.3 Å². The van der Waals surface area contributed by atoms with E-state index < -0.39 is 34.6 Å². The van der Waals surface area contributed by atoms with Gasteiger partial charge < -0.3 is 9.80 Å². The van der Waals surface area contributed by atoms with Gasteiger partial charge in [0.15, 0.2) is 0 Å². The number of nitrogens with zero attached hydrogens (tertiary/aromatic N) is 4. The van der Waals surface area contributed by atoms with Crippen molar-refractivity contribution < 1.29 is 26.3 Å². The van der Waals surface area contributed by atoms with Crippen LogP contribution < -0.4 is 0 Å². The van der Waals surface area contributed by atoms with E-state index >= 15 is 0 Å². The second-order valence-electron chi connectivity index (χ2n) is 5.76. The first-order valence-electron chi connectivity index (χ1n) is 7.70. The van der Waals surface area contributed by atoms with Gasteiger partial charge in [0.1, 0.15) is 0 Å². The molecule has 0 aromatic rings. The summed E-state index contributed by atoms with van der Waals surface area (Å²) in [4.78, 5) is 2.77. The van der Waals surface area contributed by atoms with Crippen LogP contribution in [0, 0.1) is 0 Å². The van der Waals surface area contributed by atoms with E-state index in [1.807, 2.05) is 0 Å². The smallest absolute Gasteiger partial charge is 0.362 e. The Hall–Kier alpha value is -0.680. The molecule has 0 amide bonds. The molecule has 1 fully saturated rings. The number of likely N-dealkylation sites (N-methyl/N-ethyl adjacent to an activating group) is 2. The first-order chi connectivity index (χ1) is 10.9. The minimum Gasteiger partial charge on any atom is -0.362 e. The molecule has 2 rings (SSSR count). The molecule has 4 nitrogen and oxygen atoms in total. The van der Waals surface area contributed by atoms with Crippen LogP contribution in [0.4, 0.5) is 26.3 Å². The lowest BCUT2D eigenvalue weighted by Crippen LogP contribution is -2.49. The van der Waals surface area contributed by atoms with Gasteiger partial charge in [-0.25, -0.2) is 0 Å². The molecule has 0 saturated carbocycles. The Morgan fingerprint density at radius 2 is 1.48 bits per heavy atom. The molecule has 0 atom stereocenters. The molecule has 2 aliphatic rings. The van der Waals surface area contributed by atoms with E-state index in [4.69, 9.17) is 0 Å². The molecular weight excluding hydrogens is 418 g/mol. The van der Waals surface area contributed by atoms with Crippen molar-refractivity contribution in [3.05, 3.63) is 12.4 Å². The fourth-order valence-electron chi connectivity index (χ4n) is 2.37. The van der Waals surface area contributed by atoms with E-state index in [-0.39, 0.29) is 24.0 Å². The molecule has 0 radical (unpaired) electrons. The summed E-state index contributed by atoms with van der Waals surface area (Å²) in [5, 5.41) is 0. The second-order valence-corrected chi connectivity index (χ2v) is 5.76. The van der Waals surface area contributed by atoms with E-state index in [9.17, 15) is 26.3 Å². The standard InChI is InChI=1S/C8H16N2.C6H8F6N2.BrH/c1-3-4-5-10-7-6-9(2)8-10;1-3-14-5(9,10)4(7,8)13(2)6(14,11)12;/h6-7H,3-5,8H2,1-2H3;3H2,1-2H3;1H. The first kappa shape index (κ1) is 24.3. The molecule has 25 heavy (non-hydrogen) atoms. The zero-order valence-electron chi connectivity index (χ0n) is 14.7. The van der Waals surface area contributed by atoms with E-state index in [0.29, 0.717) is 0 Å². The maximum Gasteiger partial charge on any atom is 0.388 e. The van der Waals surface area contributed by atoms with Crippen LogP contribution in [0.1, 0.15) is 26.7 Å². The average molecular weight is 443 g/mol. The van der Waals surface area contributed by atoms with Crippen LogP contribution in [0.15, 0.2) is 12.4 Å². The number of halogens is 7. The van der Waals surface area contributed by atoms with Crippen molar-refractivity contribution in [1.82, 2.24) is 19.6 Å². The van der Waals surface area contributed by atoms with Crippen molar-refractivity contribution in [2.75, 3.05) is 33.9 Å². The summed E-state index contributed by atoms with van der Waals surface area (Å²) in [5.41, 5.74) is 0. The van der Waals surface area contributed by atoms with Gasteiger partial charge in [-0.2, -0.15) is 36.1 Å². The van der Waals surface area contributed by atoms with Crippen LogP contribution in [-0.4, -0.2) is 71.7 Å². The Morgan fingerprint density at radius 1 is 0.920 bits per heavy atom. The molecule has 0 aromatic carbocycles. The lowest BCUT2D eigenvalue weighted by Gasteiger charge is -2.25. The molecular formula is C14H25BrF6N4. The lowest BCUT2D eigenvalue weighted by molar-refractivity contribution is -0.278. The normalized spacial score (nSPS) is 24.1. The SMILES string of the molecule is Br.CCCCN1C=CN(C)C1.CCN1C(F)(F)N(C)C(F)(F)C1(F)F. The number of alkyl halides is 6. The highest BCUT2D eigenvalue weighted by molar-refractivity contribution is 8.93.